The summed E-state index contributed by atoms with van der Waals surface area (Å²) in [6, 6.07) is 0. The molecule has 3 heterocycles. The van der Waals surface area contributed by atoms with Gasteiger partial charge in [0, 0.05) is 5.41 Å². The molecular weight excluding hydrogens is 296 g/mol. The predicted molar refractivity (Wildman–Crippen MR) is 89.4 cm³/mol. The average Bonchev–Trinajstić information content (AvgIpc) is 3.03. The van der Waals surface area contributed by atoms with E-state index in [9.17, 15) is 0 Å². The van der Waals surface area contributed by atoms with Crippen molar-refractivity contribution in [2.75, 3.05) is 5.32 Å². The molecule has 116 valence electrons. The molecule has 0 spiro atoms. The van der Waals surface area contributed by atoms with Crippen LogP contribution in [0.1, 0.15) is 43.8 Å². The topological polar surface area (TPSA) is 63.8 Å². The van der Waals surface area contributed by atoms with Crippen LogP contribution >= 0.6 is 11.3 Å². The van der Waals surface area contributed by atoms with E-state index < -0.39 is 0 Å². The number of hydrogen-bond donors (Lipinski definition) is 1. The van der Waals surface area contributed by atoms with E-state index in [1.54, 1.807) is 17.5 Å². The number of hydrogen-bond acceptors (Lipinski definition) is 6. The van der Waals surface area contributed by atoms with Gasteiger partial charge in [-0.25, -0.2) is 15.0 Å². The summed E-state index contributed by atoms with van der Waals surface area (Å²) in [6.45, 7) is 10.8. The molecule has 6 heteroatoms. The highest BCUT2D eigenvalue weighted by Crippen LogP contribution is 2.29. The standard InChI is InChI=1S/C16H20N4OS/c1-9-8-22-15-13(9)14(19-10(2)20-15)18-7-12-17-6-11(21-12)16(3,4)5/h6,8H,7H2,1-5H3,(H,18,19,20). The lowest BCUT2D eigenvalue weighted by molar-refractivity contribution is 0.385. The van der Waals surface area contributed by atoms with E-state index in [0.717, 1.165) is 27.6 Å². The number of aryl methyl sites for hydroxylation is 2. The Morgan fingerprint density at radius 1 is 1.23 bits per heavy atom. The van der Waals surface area contributed by atoms with Gasteiger partial charge in [0.25, 0.3) is 0 Å². The molecule has 0 radical (unpaired) electrons. The van der Waals surface area contributed by atoms with Crippen molar-refractivity contribution in [3.63, 3.8) is 0 Å². The Balaban J connectivity index is 1.85. The van der Waals surface area contributed by atoms with Gasteiger partial charge in [-0.2, -0.15) is 0 Å². The fourth-order valence-electron chi connectivity index (χ4n) is 2.22. The van der Waals surface area contributed by atoms with E-state index >= 15 is 0 Å². The SMILES string of the molecule is Cc1nc(NCc2ncc(C(C)(C)C)o2)c2c(C)csc2n1. The zero-order chi connectivity index (χ0) is 15.9. The van der Waals surface area contributed by atoms with Crippen LogP contribution in [0.25, 0.3) is 10.2 Å². The lowest BCUT2D eigenvalue weighted by Gasteiger charge is -2.13. The van der Waals surface area contributed by atoms with Gasteiger partial charge in [-0.15, -0.1) is 11.3 Å². The highest BCUT2D eigenvalue weighted by molar-refractivity contribution is 7.17. The van der Waals surface area contributed by atoms with Crippen LogP contribution in [0.5, 0.6) is 0 Å². The highest BCUT2D eigenvalue weighted by Gasteiger charge is 2.19. The van der Waals surface area contributed by atoms with Gasteiger partial charge in [0.05, 0.1) is 18.1 Å². The van der Waals surface area contributed by atoms with Crippen LogP contribution in [0.3, 0.4) is 0 Å². The van der Waals surface area contributed by atoms with Crippen molar-refractivity contribution >= 4 is 27.4 Å². The average molecular weight is 316 g/mol. The van der Waals surface area contributed by atoms with Crippen LogP contribution in [0.15, 0.2) is 16.0 Å². The van der Waals surface area contributed by atoms with Gasteiger partial charge >= 0.3 is 0 Å². The minimum Gasteiger partial charge on any atom is -0.443 e. The van der Waals surface area contributed by atoms with Gasteiger partial charge in [0.15, 0.2) is 0 Å². The zero-order valence-corrected chi connectivity index (χ0v) is 14.3. The number of nitrogens with one attached hydrogen (secondary N) is 1. The van der Waals surface area contributed by atoms with Crippen molar-refractivity contribution in [3.05, 3.63) is 34.6 Å². The van der Waals surface area contributed by atoms with Gasteiger partial charge in [-0.1, -0.05) is 20.8 Å². The third-order valence-corrected chi connectivity index (χ3v) is 4.42. The van der Waals surface area contributed by atoms with E-state index in [4.69, 9.17) is 4.42 Å². The molecule has 0 aromatic carbocycles. The number of oxazole rings is 1. The van der Waals surface area contributed by atoms with E-state index in [1.165, 1.54) is 5.56 Å². The smallest absolute Gasteiger partial charge is 0.213 e. The summed E-state index contributed by atoms with van der Waals surface area (Å²) < 4.78 is 5.81. The first kappa shape index (κ1) is 15.0. The number of thiophene rings is 1. The number of aromatic nitrogens is 3. The van der Waals surface area contributed by atoms with E-state index in [0.29, 0.717) is 12.4 Å². The van der Waals surface area contributed by atoms with Crippen LogP contribution in [-0.2, 0) is 12.0 Å². The monoisotopic (exact) mass is 316 g/mol. The van der Waals surface area contributed by atoms with Gasteiger partial charge in [0.1, 0.15) is 22.2 Å². The maximum absolute atomic E-state index is 5.81. The molecule has 0 aliphatic heterocycles. The third-order valence-electron chi connectivity index (χ3n) is 3.43. The van der Waals surface area contributed by atoms with Crippen molar-refractivity contribution in [1.29, 1.82) is 0 Å². The summed E-state index contributed by atoms with van der Waals surface area (Å²) in [7, 11) is 0. The molecule has 0 aliphatic rings. The van der Waals surface area contributed by atoms with Crippen LogP contribution in [0.4, 0.5) is 5.82 Å². The van der Waals surface area contributed by atoms with E-state index in [1.807, 2.05) is 6.92 Å². The lowest BCUT2D eigenvalue weighted by atomic mass is 9.94. The van der Waals surface area contributed by atoms with Crippen molar-refractivity contribution < 1.29 is 4.42 Å². The molecule has 0 amide bonds. The van der Waals surface area contributed by atoms with Crippen LogP contribution in [-0.4, -0.2) is 15.0 Å². The van der Waals surface area contributed by atoms with Gasteiger partial charge in [-0.05, 0) is 24.8 Å². The first-order valence-corrected chi connectivity index (χ1v) is 8.14. The molecule has 3 aromatic heterocycles. The summed E-state index contributed by atoms with van der Waals surface area (Å²) >= 11 is 1.64. The van der Waals surface area contributed by atoms with Crippen LogP contribution in [0, 0.1) is 13.8 Å². The molecule has 0 saturated heterocycles. The molecule has 0 fully saturated rings. The largest absolute Gasteiger partial charge is 0.443 e. The molecule has 3 rings (SSSR count). The molecule has 5 nitrogen and oxygen atoms in total. The Labute approximate surface area is 133 Å². The summed E-state index contributed by atoms with van der Waals surface area (Å²) in [5, 5.41) is 6.52. The van der Waals surface area contributed by atoms with Crippen molar-refractivity contribution in [2.24, 2.45) is 0 Å². The maximum Gasteiger partial charge on any atom is 0.213 e. The highest BCUT2D eigenvalue weighted by atomic mass is 32.1. The van der Waals surface area contributed by atoms with E-state index in [-0.39, 0.29) is 5.41 Å². The van der Waals surface area contributed by atoms with Crippen molar-refractivity contribution in [1.82, 2.24) is 15.0 Å². The number of nitrogens with zero attached hydrogens (tertiary/aromatic N) is 3. The minimum absolute atomic E-state index is 0.0338. The summed E-state index contributed by atoms with van der Waals surface area (Å²) in [5.74, 6) is 3.17. The maximum atomic E-state index is 5.81. The Bertz CT molecular complexity index is 813. The molecule has 1 N–H and O–H groups in total. The summed E-state index contributed by atoms with van der Waals surface area (Å²) in [5.41, 5.74) is 1.15. The van der Waals surface area contributed by atoms with Gasteiger partial charge < -0.3 is 9.73 Å². The second kappa shape index (κ2) is 5.35. The molecular formula is C16H20N4OS. The van der Waals surface area contributed by atoms with Crippen LogP contribution < -0.4 is 5.32 Å². The quantitative estimate of drug-likeness (QED) is 0.784. The molecule has 0 unspecified atom stereocenters. The molecule has 0 bridgehead atoms. The zero-order valence-electron chi connectivity index (χ0n) is 13.5. The van der Waals surface area contributed by atoms with Crippen LogP contribution in [0.2, 0.25) is 0 Å². The Morgan fingerprint density at radius 3 is 2.68 bits per heavy atom. The van der Waals surface area contributed by atoms with Gasteiger partial charge in [-0.3, -0.25) is 0 Å². The Kier molecular flexibility index (Phi) is 3.64. The molecule has 22 heavy (non-hydrogen) atoms. The molecule has 3 aromatic rings. The van der Waals surface area contributed by atoms with Gasteiger partial charge in [0.2, 0.25) is 5.89 Å². The second-order valence-electron chi connectivity index (χ2n) is 6.44. The molecule has 0 saturated carbocycles. The number of rotatable bonds is 3. The normalized spacial score (nSPS) is 12.0. The summed E-state index contributed by atoms with van der Waals surface area (Å²) in [6.07, 6.45) is 1.80. The minimum atomic E-state index is -0.0338. The number of fused-ring (bicyclic) bond motifs is 1. The fourth-order valence-corrected chi connectivity index (χ4v) is 3.18. The first-order valence-electron chi connectivity index (χ1n) is 7.26. The lowest BCUT2D eigenvalue weighted by Crippen LogP contribution is -2.09. The molecule has 0 aliphatic carbocycles. The molecule has 0 atom stereocenters. The third kappa shape index (κ3) is 2.83. The second-order valence-corrected chi connectivity index (χ2v) is 7.30. The Hall–Kier alpha value is -1.95. The number of anilines is 1. The first-order chi connectivity index (χ1) is 10.3. The van der Waals surface area contributed by atoms with E-state index in [2.05, 4.69) is 53.3 Å². The fraction of sp³-hybridized carbons (Fsp3) is 0.438. The summed E-state index contributed by atoms with van der Waals surface area (Å²) in [4.78, 5) is 14.3. The Morgan fingerprint density at radius 2 is 2.00 bits per heavy atom. The van der Waals surface area contributed by atoms with Crippen molar-refractivity contribution in [2.45, 2.75) is 46.6 Å². The van der Waals surface area contributed by atoms with Crippen molar-refractivity contribution in [3.8, 4) is 0 Å². The predicted octanol–water partition coefficient (Wildman–Crippen LogP) is 4.21.